The Hall–Kier alpha value is -2.74. The average molecular weight is 391 g/mol. The summed E-state index contributed by atoms with van der Waals surface area (Å²) in [6.45, 7) is 0.419. The van der Waals surface area contributed by atoms with E-state index in [1.807, 2.05) is 30.3 Å². The molecule has 0 radical (unpaired) electrons. The highest BCUT2D eigenvalue weighted by Gasteiger charge is 2.30. The van der Waals surface area contributed by atoms with Crippen LogP contribution in [0.15, 0.2) is 72.1 Å². The quantitative estimate of drug-likeness (QED) is 0.638. The Morgan fingerprint density at radius 3 is 2.63 bits per heavy atom. The molecule has 27 heavy (non-hydrogen) atoms. The second-order valence-corrected chi connectivity index (χ2v) is 6.62. The Morgan fingerprint density at radius 1 is 1.11 bits per heavy atom. The van der Waals surface area contributed by atoms with E-state index in [0.717, 1.165) is 29.5 Å². The third kappa shape index (κ3) is 5.13. The number of halogens is 3. The lowest BCUT2D eigenvalue weighted by atomic mass is 10.2. The summed E-state index contributed by atoms with van der Waals surface area (Å²) in [4.78, 5) is 16.2. The molecule has 0 saturated heterocycles. The number of amides is 1. The number of imidazole rings is 1. The highest BCUT2D eigenvalue weighted by atomic mass is 32.2. The van der Waals surface area contributed by atoms with Crippen molar-refractivity contribution in [1.29, 1.82) is 0 Å². The zero-order valence-corrected chi connectivity index (χ0v) is 14.9. The minimum absolute atomic E-state index is 0.114. The molecule has 2 aromatic carbocycles. The molecule has 0 saturated carbocycles. The van der Waals surface area contributed by atoms with E-state index in [1.165, 1.54) is 16.8 Å². The van der Waals surface area contributed by atoms with Crippen molar-refractivity contribution >= 4 is 17.7 Å². The van der Waals surface area contributed by atoms with E-state index >= 15 is 0 Å². The van der Waals surface area contributed by atoms with Crippen LogP contribution in [-0.2, 0) is 17.5 Å². The van der Waals surface area contributed by atoms with Gasteiger partial charge < -0.3 is 5.32 Å². The molecule has 0 spiro atoms. The number of rotatable bonds is 6. The number of thioether (sulfide) groups is 1. The molecule has 4 nitrogen and oxygen atoms in total. The summed E-state index contributed by atoms with van der Waals surface area (Å²) in [6, 6.07) is 14.5. The molecule has 0 atom stereocenters. The van der Waals surface area contributed by atoms with Crippen molar-refractivity contribution in [3.63, 3.8) is 0 Å². The summed E-state index contributed by atoms with van der Waals surface area (Å²) in [6.07, 6.45) is -1.36. The SMILES string of the molecule is O=C(CSc1nccn1-c1cccc(C(F)(F)F)c1)NCc1ccccc1. The smallest absolute Gasteiger partial charge is 0.351 e. The first-order valence-electron chi connectivity index (χ1n) is 8.08. The molecule has 0 aliphatic rings. The van der Waals surface area contributed by atoms with Gasteiger partial charge in [-0.3, -0.25) is 9.36 Å². The fraction of sp³-hybridized carbons (Fsp3) is 0.158. The van der Waals surface area contributed by atoms with Crippen LogP contribution in [0.5, 0.6) is 0 Å². The topological polar surface area (TPSA) is 46.9 Å². The second-order valence-electron chi connectivity index (χ2n) is 5.68. The molecule has 8 heteroatoms. The lowest BCUT2D eigenvalue weighted by molar-refractivity contribution is -0.137. The van der Waals surface area contributed by atoms with Crippen LogP contribution >= 0.6 is 11.8 Å². The number of nitrogens with one attached hydrogen (secondary N) is 1. The van der Waals surface area contributed by atoms with E-state index in [4.69, 9.17) is 0 Å². The fourth-order valence-corrected chi connectivity index (χ4v) is 3.21. The molecule has 1 heterocycles. The molecule has 3 aromatic rings. The molecule has 0 aliphatic heterocycles. The van der Waals surface area contributed by atoms with E-state index in [-0.39, 0.29) is 11.7 Å². The largest absolute Gasteiger partial charge is 0.416 e. The zero-order valence-electron chi connectivity index (χ0n) is 14.1. The van der Waals surface area contributed by atoms with E-state index in [9.17, 15) is 18.0 Å². The first-order valence-corrected chi connectivity index (χ1v) is 9.06. The first-order chi connectivity index (χ1) is 12.9. The number of carbonyl (C=O) groups excluding carboxylic acids is 1. The Balaban J connectivity index is 1.63. The maximum Gasteiger partial charge on any atom is 0.416 e. The third-order valence-electron chi connectivity index (χ3n) is 3.72. The van der Waals surface area contributed by atoms with Crippen molar-refractivity contribution in [3.05, 3.63) is 78.1 Å². The van der Waals surface area contributed by atoms with Gasteiger partial charge in [0, 0.05) is 24.6 Å². The Bertz CT molecular complexity index is 910. The minimum Gasteiger partial charge on any atom is -0.351 e. The standard InChI is InChI=1S/C19H16F3N3OS/c20-19(21,22)15-7-4-8-16(11-15)25-10-9-23-18(25)27-13-17(26)24-12-14-5-2-1-3-6-14/h1-11H,12-13H2,(H,24,26). The Labute approximate surface area is 158 Å². The lowest BCUT2D eigenvalue weighted by Gasteiger charge is -2.11. The van der Waals surface area contributed by atoms with Gasteiger partial charge in [-0.25, -0.2) is 4.98 Å². The maximum absolute atomic E-state index is 12.9. The van der Waals surface area contributed by atoms with Gasteiger partial charge in [0.2, 0.25) is 5.91 Å². The van der Waals surface area contributed by atoms with Gasteiger partial charge in [0.25, 0.3) is 0 Å². The molecule has 0 unspecified atom stereocenters. The first kappa shape index (κ1) is 19.0. The van der Waals surface area contributed by atoms with Gasteiger partial charge in [-0.05, 0) is 23.8 Å². The molecule has 0 aliphatic carbocycles. The van der Waals surface area contributed by atoms with Gasteiger partial charge >= 0.3 is 6.18 Å². The number of benzene rings is 2. The lowest BCUT2D eigenvalue weighted by Crippen LogP contribution is -2.24. The van der Waals surface area contributed by atoms with E-state index in [1.54, 1.807) is 12.3 Å². The monoisotopic (exact) mass is 391 g/mol. The molecule has 1 amide bonds. The zero-order chi connectivity index (χ0) is 19.3. The van der Waals surface area contributed by atoms with Crippen molar-refractivity contribution in [1.82, 2.24) is 14.9 Å². The molecule has 0 fully saturated rings. The van der Waals surface area contributed by atoms with Gasteiger partial charge in [0.1, 0.15) is 0 Å². The normalized spacial score (nSPS) is 11.4. The Morgan fingerprint density at radius 2 is 1.89 bits per heavy atom. The summed E-state index contributed by atoms with van der Waals surface area (Å²) in [5.41, 5.74) is 0.598. The fourth-order valence-electron chi connectivity index (χ4n) is 2.40. The predicted molar refractivity (Wildman–Crippen MR) is 97.6 cm³/mol. The molecule has 0 bridgehead atoms. The third-order valence-corrected chi connectivity index (χ3v) is 4.69. The van der Waals surface area contributed by atoms with Gasteiger partial charge in [0.05, 0.1) is 11.3 Å². The van der Waals surface area contributed by atoms with Crippen LogP contribution in [0.1, 0.15) is 11.1 Å². The average Bonchev–Trinajstić information content (AvgIpc) is 3.13. The van der Waals surface area contributed by atoms with E-state index in [2.05, 4.69) is 10.3 Å². The van der Waals surface area contributed by atoms with Crippen LogP contribution in [-0.4, -0.2) is 21.2 Å². The van der Waals surface area contributed by atoms with Gasteiger partial charge in [0.15, 0.2) is 5.16 Å². The van der Waals surface area contributed by atoms with Crippen LogP contribution in [0.3, 0.4) is 0 Å². The molecular formula is C19H16F3N3OS. The van der Waals surface area contributed by atoms with Gasteiger partial charge in [-0.1, -0.05) is 48.2 Å². The highest BCUT2D eigenvalue weighted by molar-refractivity contribution is 7.99. The number of alkyl halides is 3. The molecule has 3 rings (SSSR count). The number of hydrogen-bond donors (Lipinski definition) is 1. The van der Waals surface area contributed by atoms with Crippen LogP contribution in [0.4, 0.5) is 13.2 Å². The number of hydrogen-bond acceptors (Lipinski definition) is 3. The molecular weight excluding hydrogens is 375 g/mol. The van der Waals surface area contributed by atoms with Crippen molar-refractivity contribution in [2.24, 2.45) is 0 Å². The number of aromatic nitrogens is 2. The van der Waals surface area contributed by atoms with Crippen LogP contribution < -0.4 is 5.32 Å². The predicted octanol–water partition coefficient (Wildman–Crippen LogP) is 4.30. The van der Waals surface area contributed by atoms with Gasteiger partial charge in [-0.15, -0.1) is 0 Å². The van der Waals surface area contributed by atoms with Crippen LogP contribution in [0.2, 0.25) is 0 Å². The minimum atomic E-state index is -4.42. The summed E-state index contributed by atoms with van der Waals surface area (Å²) < 4.78 is 40.2. The van der Waals surface area contributed by atoms with E-state index < -0.39 is 11.7 Å². The van der Waals surface area contributed by atoms with Crippen LogP contribution in [0.25, 0.3) is 5.69 Å². The number of carbonyl (C=O) groups is 1. The van der Waals surface area contributed by atoms with Crippen molar-refractivity contribution < 1.29 is 18.0 Å². The summed E-state index contributed by atoms with van der Waals surface area (Å²) in [7, 11) is 0. The second kappa shape index (κ2) is 8.30. The van der Waals surface area contributed by atoms with Crippen molar-refractivity contribution in [2.75, 3.05) is 5.75 Å². The van der Waals surface area contributed by atoms with Crippen molar-refractivity contribution in [2.45, 2.75) is 17.9 Å². The Kier molecular flexibility index (Phi) is 5.85. The number of nitrogens with zero attached hydrogens (tertiary/aromatic N) is 2. The highest BCUT2D eigenvalue weighted by Crippen LogP contribution is 2.31. The van der Waals surface area contributed by atoms with Gasteiger partial charge in [-0.2, -0.15) is 13.2 Å². The maximum atomic E-state index is 12.9. The summed E-state index contributed by atoms with van der Waals surface area (Å²) in [5.74, 6) is -0.0644. The molecule has 140 valence electrons. The summed E-state index contributed by atoms with van der Waals surface area (Å²) in [5, 5.41) is 3.25. The van der Waals surface area contributed by atoms with Crippen molar-refractivity contribution in [3.8, 4) is 5.69 Å². The molecule has 1 aromatic heterocycles. The molecule has 1 N–H and O–H groups in total. The van der Waals surface area contributed by atoms with Crippen LogP contribution in [0, 0.1) is 0 Å². The van der Waals surface area contributed by atoms with E-state index in [0.29, 0.717) is 17.4 Å². The summed E-state index contributed by atoms with van der Waals surface area (Å²) >= 11 is 1.16.